The highest BCUT2D eigenvalue weighted by atomic mass is 35.5. The number of rotatable bonds is 12. The predicted molar refractivity (Wildman–Crippen MR) is 155 cm³/mol. The van der Waals surface area contributed by atoms with Gasteiger partial charge in [0.05, 0.1) is 24.9 Å². The van der Waals surface area contributed by atoms with Gasteiger partial charge in [0.1, 0.15) is 11.6 Å². The van der Waals surface area contributed by atoms with Crippen molar-refractivity contribution in [3.63, 3.8) is 0 Å². The summed E-state index contributed by atoms with van der Waals surface area (Å²) < 4.78 is 20.8. The second kappa shape index (κ2) is 13.7. The smallest absolute Gasteiger partial charge is 0.348 e. The van der Waals surface area contributed by atoms with Crippen molar-refractivity contribution in [1.29, 1.82) is 0 Å². The minimum absolute atomic E-state index is 0.102. The Bertz CT molecular complexity index is 1510. The zero-order chi connectivity index (χ0) is 29.5. The van der Waals surface area contributed by atoms with E-state index in [-0.39, 0.29) is 31.4 Å². The summed E-state index contributed by atoms with van der Waals surface area (Å²) in [5.74, 6) is -0.620. The number of hydrogen-bond acceptors (Lipinski definition) is 7. The van der Waals surface area contributed by atoms with Crippen LogP contribution < -0.4 is 11.1 Å². The van der Waals surface area contributed by atoms with Gasteiger partial charge < -0.3 is 9.84 Å². The van der Waals surface area contributed by atoms with E-state index in [0.29, 0.717) is 27.7 Å². The molecule has 1 aromatic heterocycles. The van der Waals surface area contributed by atoms with Crippen molar-refractivity contribution in [2.24, 2.45) is 5.92 Å². The number of ether oxygens (including phenoxy) is 1. The molecule has 0 spiro atoms. The Labute approximate surface area is 242 Å². The lowest BCUT2D eigenvalue weighted by Gasteiger charge is -2.28. The zero-order valence-corrected chi connectivity index (χ0v) is 23.8. The van der Waals surface area contributed by atoms with Crippen LogP contribution >= 0.6 is 11.6 Å². The molecule has 9 nitrogen and oxygen atoms in total. The molecule has 0 aliphatic carbocycles. The summed E-state index contributed by atoms with van der Waals surface area (Å²) >= 11 is 6.05. The van der Waals surface area contributed by atoms with Crippen LogP contribution in [0.15, 0.2) is 77.6 Å². The Kier molecular flexibility index (Phi) is 10.1. The molecule has 0 amide bonds. The van der Waals surface area contributed by atoms with Crippen LogP contribution in [0.5, 0.6) is 0 Å². The topological polar surface area (TPSA) is 112 Å². The fraction of sp³-hybridized carbons (Fsp3) is 0.300. The van der Waals surface area contributed by atoms with Crippen molar-refractivity contribution in [2.75, 3.05) is 13.2 Å². The normalized spacial score (nSPS) is 13.0. The van der Waals surface area contributed by atoms with Gasteiger partial charge in [-0.3, -0.25) is 4.98 Å². The van der Waals surface area contributed by atoms with Gasteiger partial charge >= 0.3 is 11.7 Å². The van der Waals surface area contributed by atoms with Gasteiger partial charge in [-0.15, -0.1) is 5.10 Å². The number of aliphatic hydroxyl groups is 1. The summed E-state index contributed by atoms with van der Waals surface area (Å²) in [5, 5.41) is 17.1. The summed E-state index contributed by atoms with van der Waals surface area (Å²) in [4.78, 5) is 27.8. The molecule has 0 bridgehead atoms. The third-order valence-electron chi connectivity index (χ3n) is 6.21. The lowest BCUT2D eigenvalue weighted by atomic mass is 10.0. The van der Waals surface area contributed by atoms with Crippen LogP contribution in [0.1, 0.15) is 38.2 Å². The lowest BCUT2D eigenvalue weighted by molar-refractivity contribution is -0.156. The van der Waals surface area contributed by atoms with E-state index in [1.165, 1.54) is 16.8 Å². The van der Waals surface area contributed by atoms with Crippen molar-refractivity contribution >= 4 is 17.6 Å². The molecule has 4 aromatic rings. The van der Waals surface area contributed by atoms with Gasteiger partial charge in [0.25, 0.3) is 0 Å². The van der Waals surface area contributed by atoms with E-state index < -0.39 is 23.8 Å². The number of aromatic amines is 1. The molecule has 0 aliphatic rings. The van der Waals surface area contributed by atoms with E-state index >= 15 is 0 Å². The molecule has 0 aliphatic heterocycles. The van der Waals surface area contributed by atoms with Crippen LogP contribution in [-0.4, -0.2) is 50.1 Å². The van der Waals surface area contributed by atoms with E-state index in [1.807, 2.05) is 44.2 Å². The predicted octanol–water partition coefficient (Wildman–Crippen LogP) is 4.65. The summed E-state index contributed by atoms with van der Waals surface area (Å²) in [6, 6.07) is 20.1. The van der Waals surface area contributed by atoms with Crippen LogP contribution in [-0.2, 0) is 16.1 Å². The maximum absolute atomic E-state index is 14.4. The molecule has 1 heterocycles. The van der Waals surface area contributed by atoms with Crippen LogP contribution in [0, 0.1) is 11.7 Å². The third kappa shape index (κ3) is 8.11. The van der Waals surface area contributed by atoms with Crippen molar-refractivity contribution in [3.8, 4) is 16.8 Å². The van der Waals surface area contributed by atoms with E-state index in [0.717, 1.165) is 5.56 Å². The number of benzene rings is 3. The number of para-hydroxylation sites is 1. The number of carbonyl (C=O) groups excluding carboxylic acids is 1. The second-order valence-electron chi connectivity index (χ2n) is 10.2. The van der Waals surface area contributed by atoms with Crippen LogP contribution in [0.4, 0.5) is 4.39 Å². The van der Waals surface area contributed by atoms with E-state index in [4.69, 9.17) is 16.3 Å². The number of hydrazine groups is 1. The summed E-state index contributed by atoms with van der Waals surface area (Å²) in [6.45, 7) is 5.97. The summed E-state index contributed by atoms with van der Waals surface area (Å²) in [6.07, 6.45) is -1.42. The van der Waals surface area contributed by atoms with Crippen molar-refractivity contribution in [3.05, 3.63) is 106 Å². The molecule has 216 valence electrons. The van der Waals surface area contributed by atoms with Gasteiger partial charge in [-0.2, -0.15) is 4.68 Å². The van der Waals surface area contributed by atoms with E-state index in [2.05, 4.69) is 15.5 Å². The Morgan fingerprint density at radius 1 is 1.12 bits per heavy atom. The molecule has 2 atom stereocenters. The molecule has 3 aromatic carbocycles. The second-order valence-corrected chi connectivity index (χ2v) is 10.6. The first-order chi connectivity index (χ1) is 19.6. The Balaban J connectivity index is 1.53. The molecule has 1 unspecified atom stereocenters. The molecule has 11 heteroatoms. The number of nitrogens with one attached hydrogen (secondary N) is 2. The molecule has 0 saturated carbocycles. The highest BCUT2D eigenvalue weighted by molar-refractivity contribution is 6.30. The maximum Gasteiger partial charge on any atom is 0.348 e. The van der Waals surface area contributed by atoms with Crippen LogP contribution in [0.2, 0.25) is 5.02 Å². The largest absolute Gasteiger partial charge is 0.463 e. The van der Waals surface area contributed by atoms with Gasteiger partial charge in [-0.05, 0) is 54.3 Å². The molecule has 41 heavy (non-hydrogen) atoms. The molecule has 0 fully saturated rings. The summed E-state index contributed by atoms with van der Waals surface area (Å²) in [5.41, 5.74) is 5.31. The Morgan fingerprint density at radius 3 is 2.51 bits per heavy atom. The highest BCUT2D eigenvalue weighted by Gasteiger charge is 2.24. The van der Waals surface area contributed by atoms with E-state index in [9.17, 15) is 19.1 Å². The lowest BCUT2D eigenvalue weighted by Crippen LogP contribution is -2.46. The monoisotopic (exact) mass is 581 g/mol. The number of aliphatic hydroxyl groups excluding tert-OH is 1. The molecule has 0 radical (unpaired) electrons. The minimum Gasteiger partial charge on any atom is -0.463 e. The van der Waals surface area contributed by atoms with Crippen molar-refractivity contribution in [2.45, 2.75) is 39.5 Å². The SMILES string of the molecule is CC(C)COC(=O)[C@H](O)CN(Cc1ccc(-c2cc(Cl)ccc2F)cc1)NC(C)c1nn(-c2ccccc2)c(=O)[nH]1. The number of H-pyrrole nitrogens is 1. The third-order valence-corrected chi connectivity index (χ3v) is 6.45. The van der Waals surface area contributed by atoms with E-state index in [1.54, 1.807) is 42.3 Å². The Morgan fingerprint density at radius 2 is 1.83 bits per heavy atom. The fourth-order valence-electron chi connectivity index (χ4n) is 4.13. The summed E-state index contributed by atoms with van der Waals surface area (Å²) in [7, 11) is 0. The van der Waals surface area contributed by atoms with Crippen LogP contribution in [0.3, 0.4) is 0 Å². The number of aromatic nitrogens is 3. The van der Waals surface area contributed by atoms with Gasteiger partial charge in [0.15, 0.2) is 6.10 Å². The first-order valence-electron chi connectivity index (χ1n) is 13.3. The average Bonchev–Trinajstić information content (AvgIpc) is 3.35. The zero-order valence-electron chi connectivity index (χ0n) is 23.1. The quantitative estimate of drug-likeness (QED) is 0.165. The number of esters is 1. The molecule has 4 rings (SSSR count). The van der Waals surface area contributed by atoms with Gasteiger partial charge in [-0.25, -0.2) is 24.4 Å². The first-order valence-corrected chi connectivity index (χ1v) is 13.6. The number of carbonyl (C=O) groups is 1. The number of hydrogen-bond donors (Lipinski definition) is 3. The van der Waals surface area contributed by atoms with Gasteiger partial charge in [0, 0.05) is 17.1 Å². The van der Waals surface area contributed by atoms with Crippen LogP contribution in [0.25, 0.3) is 16.8 Å². The Hall–Kier alpha value is -3.83. The molecular weight excluding hydrogens is 549 g/mol. The molecule has 0 saturated heterocycles. The van der Waals surface area contributed by atoms with Crippen molar-refractivity contribution in [1.82, 2.24) is 25.2 Å². The maximum atomic E-state index is 14.4. The number of halogens is 2. The van der Waals surface area contributed by atoms with Gasteiger partial charge in [0.2, 0.25) is 0 Å². The molecule has 3 N–H and O–H groups in total. The average molecular weight is 582 g/mol. The molecular formula is C30H33ClFN5O4. The van der Waals surface area contributed by atoms with Crippen molar-refractivity contribution < 1.29 is 19.0 Å². The minimum atomic E-state index is -1.42. The van der Waals surface area contributed by atoms with Gasteiger partial charge in [-0.1, -0.05) is 67.9 Å². The fourth-order valence-corrected chi connectivity index (χ4v) is 4.31. The standard InChI is InChI=1S/C30H33ClFN5O4/c1-19(2)18-41-29(39)27(38)17-36(16-21-9-11-22(12-10-21)25-15-23(31)13-14-26(25)32)34-20(3)28-33-30(40)37(35-28)24-7-5-4-6-8-24/h4-15,19-20,27,34,38H,16-18H2,1-3H3,(H,33,35,40)/t20?,27-/m1/s1. The number of nitrogens with zero attached hydrogens (tertiary/aromatic N) is 3. The first kappa shape index (κ1) is 30.1. The highest BCUT2D eigenvalue weighted by Crippen LogP contribution is 2.26.